The Bertz CT molecular complexity index is 723. The zero-order valence-electron chi connectivity index (χ0n) is 16.0. The maximum Gasteiger partial charge on any atom is 0.0736 e. The van der Waals surface area contributed by atoms with Gasteiger partial charge >= 0.3 is 0 Å². The normalized spacial score (nSPS) is 10.8. The van der Waals surface area contributed by atoms with Crippen molar-refractivity contribution in [3.8, 4) is 0 Å². The van der Waals surface area contributed by atoms with Gasteiger partial charge in [-0.1, -0.05) is 69.3 Å². The van der Waals surface area contributed by atoms with E-state index in [4.69, 9.17) is 16.6 Å². The predicted octanol–water partition coefficient (Wildman–Crippen LogP) is 7.40. The number of nitrogens with zero attached hydrogens (tertiary/aromatic N) is 1. The third-order valence-electron chi connectivity index (χ3n) is 4.56. The van der Waals surface area contributed by atoms with Gasteiger partial charge in [-0.2, -0.15) is 0 Å². The van der Waals surface area contributed by atoms with E-state index in [2.05, 4.69) is 45.9 Å². The molecule has 0 saturated carbocycles. The Kier molecular flexibility index (Phi) is 7.71. The fraction of sp³-hybridized carbons (Fsp3) is 0.435. The van der Waals surface area contributed by atoms with E-state index >= 15 is 0 Å². The molecule has 0 aliphatic rings. The van der Waals surface area contributed by atoms with Gasteiger partial charge in [0.25, 0.3) is 0 Å². The van der Waals surface area contributed by atoms with Gasteiger partial charge in [0.05, 0.1) is 5.69 Å². The van der Waals surface area contributed by atoms with E-state index < -0.39 is 0 Å². The highest BCUT2D eigenvalue weighted by molar-refractivity contribution is 6.30. The molecule has 1 nitrogen and oxygen atoms in total. The molecule has 1 aromatic heterocycles. The molecule has 2 aromatic rings. The second-order valence-electron chi connectivity index (χ2n) is 6.70. The molecule has 0 spiro atoms. The molecular formula is C23H30ClN. The number of aromatic nitrogens is 1. The first kappa shape index (κ1) is 19.7. The Balaban J connectivity index is 2.76. The zero-order valence-corrected chi connectivity index (χ0v) is 16.8. The summed E-state index contributed by atoms with van der Waals surface area (Å²) in [6.45, 7) is 8.90. The van der Waals surface area contributed by atoms with Gasteiger partial charge in [-0.05, 0) is 61.1 Å². The first-order valence-electron chi connectivity index (χ1n) is 9.55. The minimum atomic E-state index is 0.817. The molecule has 0 saturated heterocycles. The molecular weight excluding hydrogens is 326 g/mol. The second-order valence-corrected chi connectivity index (χ2v) is 7.14. The van der Waals surface area contributed by atoms with Crippen LogP contribution >= 0.6 is 11.6 Å². The maximum atomic E-state index is 6.30. The quantitative estimate of drug-likeness (QED) is 0.480. The van der Waals surface area contributed by atoms with Crippen LogP contribution in [0.3, 0.4) is 0 Å². The van der Waals surface area contributed by atoms with E-state index in [1.807, 2.05) is 18.3 Å². The van der Waals surface area contributed by atoms with Crippen LogP contribution in [0.1, 0.15) is 75.3 Å². The van der Waals surface area contributed by atoms with Crippen molar-refractivity contribution in [2.45, 2.75) is 66.2 Å². The van der Waals surface area contributed by atoms with Crippen LogP contribution in [0.2, 0.25) is 5.02 Å². The minimum absolute atomic E-state index is 0.817. The fourth-order valence-corrected chi connectivity index (χ4v) is 3.69. The Hall–Kier alpha value is -1.60. The zero-order chi connectivity index (χ0) is 18.2. The van der Waals surface area contributed by atoms with Gasteiger partial charge in [-0.3, -0.25) is 4.98 Å². The molecule has 0 amide bonds. The smallest absolute Gasteiger partial charge is 0.0736 e. The van der Waals surface area contributed by atoms with E-state index in [1.54, 1.807) is 0 Å². The van der Waals surface area contributed by atoms with E-state index in [-0.39, 0.29) is 0 Å². The van der Waals surface area contributed by atoms with E-state index in [0.717, 1.165) is 49.2 Å². The average molecular weight is 356 g/mol. The monoisotopic (exact) mass is 355 g/mol. The highest BCUT2D eigenvalue weighted by Crippen LogP contribution is 2.35. The summed E-state index contributed by atoms with van der Waals surface area (Å²) in [6.07, 6.45) is 8.60. The van der Waals surface area contributed by atoms with Crippen LogP contribution in [0, 0.1) is 6.92 Å². The van der Waals surface area contributed by atoms with Crippen molar-refractivity contribution in [1.82, 2.24) is 4.98 Å². The molecule has 1 aromatic carbocycles. The third-order valence-corrected chi connectivity index (χ3v) is 4.79. The molecule has 0 aliphatic carbocycles. The lowest BCUT2D eigenvalue weighted by molar-refractivity contribution is 0.804. The summed E-state index contributed by atoms with van der Waals surface area (Å²) in [6, 6.07) is 10.5. The summed E-state index contributed by atoms with van der Waals surface area (Å²) < 4.78 is 0. The van der Waals surface area contributed by atoms with Crippen LogP contribution in [0.25, 0.3) is 5.57 Å². The van der Waals surface area contributed by atoms with Gasteiger partial charge < -0.3 is 0 Å². The number of hydrogen-bond acceptors (Lipinski definition) is 1. The molecule has 0 atom stereocenters. The SMILES string of the molecule is CCCC(CCC)=C(c1ccc(Cl)cc1CCC)c1ncccc1C. The minimum Gasteiger partial charge on any atom is -0.256 e. The van der Waals surface area contributed by atoms with Crippen LogP contribution in [0.5, 0.6) is 0 Å². The molecule has 2 rings (SSSR count). The summed E-state index contributed by atoms with van der Waals surface area (Å²) in [5.74, 6) is 0. The maximum absolute atomic E-state index is 6.30. The first-order valence-corrected chi connectivity index (χ1v) is 9.92. The van der Waals surface area contributed by atoms with E-state index in [9.17, 15) is 0 Å². The van der Waals surface area contributed by atoms with Gasteiger partial charge in [-0.15, -0.1) is 0 Å². The van der Waals surface area contributed by atoms with E-state index in [1.165, 1.54) is 27.8 Å². The lowest BCUT2D eigenvalue weighted by Crippen LogP contribution is -2.03. The van der Waals surface area contributed by atoms with Crippen LogP contribution in [-0.4, -0.2) is 4.98 Å². The fourth-order valence-electron chi connectivity index (χ4n) is 3.49. The van der Waals surface area contributed by atoms with Gasteiger partial charge in [0.1, 0.15) is 0 Å². The van der Waals surface area contributed by atoms with Crippen molar-refractivity contribution < 1.29 is 0 Å². The number of allylic oxidation sites excluding steroid dienone is 1. The molecule has 0 unspecified atom stereocenters. The van der Waals surface area contributed by atoms with Crippen molar-refractivity contribution in [1.29, 1.82) is 0 Å². The number of hydrogen-bond donors (Lipinski definition) is 0. The van der Waals surface area contributed by atoms with E-state index in [0.29, 0.717) is 0 Å². The largest absolute Gasteiger partial charge is 0.256 e. The molecule has 134 valence electrons. The highest BCUT2D eigenvalue weighted by Gasteiger charge is 2.17. The molecule has 0 bridgehead atoms. The number of rotatable bonds is 8. The van der Waals surface area contributed by atoms with Crippen LogP contribution < -0.4 is 0 Å². The van der Waals surface area contributed by atoms with Gasteiger partial charge in [-0.25, -0.2) is 0 Å². The van der Waals surface area contributed by atoms with Crippen molar-refractivity contribution in [3.63, 3.8) is 0 Å². The number of halogens is 1. The summed E-state index contributed by atoms with van der Waals surface area (Å²) in [7, 11) is 0. The van der Waals surface area contributed by atoms with Crippen molar-refractivity contribution in [2.24, 2.45) is 0 Å². The van der Waals surface area contributed by atoms with Crippen LogP contribution in [-0.2, 0) is 6.42 Å². The van der Waals surface area contributed by atoms with Crippen LogP contribution in [0.4, 0.5) is 0 Å². The number of aryl methyl sites for hydroxylation is 2. The topological polar surface area (TPSA) is 12.9 Å². The predicted molar refractivity (Wildman–Crippen MR) is 110 cm³/mol. The van der Waals surface area contributed by atoms with Gasteiger partial charge in [0.15, 0.2) is 0 Å². The molecule has 2 heteroatoms. The van der Waals surface area contributed by atoms with Gasteiger partial charge in [0, 0.05) is 16.8 Å². The Morgan fingerprint density at radius 1 is 1.00 bits per heavy atom. The highest BCUT2D eigenvalue weighted by atomic mass is 35.5. The van der Waals surface area contributed by atoms with Gasteiger partial charge in [0.2, 0.25) is 0 Å². The molecule has 0 radical (unpaired) electrons. The van der Waals surface area contributed by atoms with Crippen molar-refractivity contribution in [3.05, 3.63) is 69.5 Å². The molecule has 0 aliphatic heterocycles. The Labute approximate surface area is 158 Å². The summed E-state index contributed by atoms with van der Waals surface area (Å²) in [4.78, 5) is 4.77. The second kappa shape index (κ2) is 9.77. The van der Waals surface area contributed by atoms with Crippen molar-refractivity contribution in [2.75, 3.05) is 0 Å². The molecule has 0 N–H and O–H groups in total. The average Bonchev–Trinajstić information content (AvgIpc) is 2.59. The van der Waals surface area contributed by atoms with Crippen molar-refractivity contribution >= 4 is 17.2 Å². The summed E-state index contributed by atoms with van der Waals surface area (Å²) in [5.41, 5.74) is 7.86. The lowest BCUT2D eigenvalue weighted by atomic mass is 9.86. The number of benzene rings is 1. The lowest BCUT2D eigenvalue weighted by Gasteiger charge is -2.20. The number of pyridine rings is 1. The summed E-state index contributed by atoms with van der Waals surface area (Å²) >= 11 is 6.30. The third kappa shape index (κ3) is 4.95. The standard InChI is InChI=1S/C23H30ClN/c1-5-9-18(10-6-2)22(23-17(4)12-8-15-25-23)21-14-13-20(24)16-19(21)11-7-3/h8,12-16H,5-7,9-11H2,1-4H3. The Morgan fingerprint density at radius 3 is 2.32 bits per heavy atom. The Morgan fingerprint density at radius 2 is 1.72 bits per heavy atom. The molecule has 0 fully saturated rings. The van der Waals surface area contributed by atoms with Crippen LogP contribution in [0.15, 0.2) is 42.1 Å². The molecule has 25 heavy (non-hydrogen) atoms. The molecule has 1 heterocycles. The summed E-state index contributed by atoms with van der Waals surface area (Å²) in [5, 5.41) is 0.817. The first-order chi connectivity index (χ1) is 12.1.